The minimum absolute atomic E-state index is 0.123. The number of benzene rings is 1. The Morgan fingerprint density at radius 3 is 2.43 bits per heavy atom. The number of nitrogens with one attached hydrogen (secondary N) is 2. The van der Waals surface area contributed by atoms with Crippen LogP contribution in [0.4, 0.5) is 11.5 Å². The predicted molar refractivity (Wildman–Crippen MR) is 115 cm³/mol. The van der Waals surface area contributed by atoms with E-state index in [0.717, 1.165) is 11.1 Å². The molecule has 4 rings (SSSR count). The van der Waals surface area contributed by atoms with Crippen molar-refractivity contribution in [3.05, 3.63) is 74.7 Å². The zero-order valence-corrected chi connectivity index (χ0v) is 16.5. The van der Waals surface area contributed by atoms with Gasteiger partial charge in [-0.15, -0.1) is 0 Å². The van der Waals surface area contributed by atoms with E-state index >= 15 is 0 Å². The monoisotopic (exact) mass is 406 g/mol. The van der Waals surface area contributed by atoms with Crippen molar-refractivity contribution in [3.8, 4) is 11.1 Å². The number of carbonyl (C=O) groups is 1. The van der Waals surface area contributed by atoms with E-state index in [4.69, 9.17) is 5.73 Å². The maximum absolute atomic E-state index is 13.1. The highest BCUT2D eigenvalue weighted by molar-refractivity contribution is 5.95. The number of pyridine rings is 1. The molecule has 9 heteroatoms. The summed E-state index contributed by atoms with van der Waals surface area (Å²) in [5, 5.41) is 0. The number of rotatable bonds is 3. The molecule has 30 heavy (non-hydrogen) atoms. The Labute approximate surface area is 172 Å². The molecule has 3 heterocycles. The molecule has 1 aliphatic rings. The fourth-order valence-corrected chi connectivity index (χ4v) is 3.67. The SMILES string of the molecule is Cc1[nH]c(=O)c(C(=O)N2CCN(c3cnc(=O)[nH]c3N)CC2)cc1-c1ccccc1. The van der Waals surface area contributed by atoms with E-state index in [2.05, 4.69) is 15.0 Å². The molecule has 1 aromatic carbocycles. The molecular formula is C21H22N6O3. The van der Waals surface area contributed by atoms with Crippen LogP contribution in [0.2, 0.25) is 0 Å². The molecule has 3 aromatic rings. The second-order valence-corrected chi connectivity index (χ2v) is 7.18. The van der Waals surface area contributed by atoms with Crippen LogP contribution in [0.15, 0.2) is 52.2 Å². The van der Waals surface area contributed by atoms with Crippen molar-refractivity contribution < 1.29 is 4.79 Å². The number of H-pyrrole nitrogens is 2. The summed E-state index contributed by atoms with van der Waals surface area (Å²) in [6.07, 6.45) is 1.43. The largest absolute Gasteiger partial charge is 0.383 e. The Hall–Kier alpha value is -3.88. The number of piperazine rings is 1. The van der Waals surface area contributed by atoms with Crippen molar-refractivity contribution in [1.29, 1.82) is 0 Å². The first-order valence-electron chi connectivity index (χ1n) is 9.62. The van der Waals surface area contributed by atoms with Crippen molar-refractivity contribution in [1.82, 2.24) is 19.9 Å². The van der Waals surface area contributed by atoms with Gasteiger partial charge in [0.05, 0.1) is 11.9 Å². The van der Waals surface area contributed by atoms with E-state index in [1.807, 2.05) is 42.2 Å². The minimum atomic E-state index is -0.502. The number of aromatic nitrogens is 3. The summed E-state index contributed by atoms with van der Waals surface area (Å²) < 4.78 is 0. The molecule has 1 fully saturated rings. The van der Waals surface area contributed by atoms with Gasteiger partial charge in [-0.2, -0.15) is 4.98 Å². The van der Waals surface area contributed by atoms with Gasteiger partial charge in [0.15, 0.2) is 0 Å². The second-order valence-electron chi connectivity index (χ2n) is 7.18. The van der Waals surface area contributed by atoms with Gasteiger partial charge in [-0.05, 0) is 18.6 Å². The number of aromatic amines is 2. The third-order valence-corrected chi connectivity index (χ3v) is 5.28. The van der Waals surface area contributed by atoms with Crippen LogP contribution < -0.4 is 21.9 Å². The van der Waals surface area contributed by atoms with E-state index < -0.39 is 11.2 Å². The standard InChI is InChI=1S/C21H22N6O3/c1-13-15(14-5-3-2-4-6-14)11-16(19(28)24-13)20(29)27-9-7-26(8-10-27)17-12-23-21(30)25-18(17)22/h2-6,11-12H,7-10H2,1H3,(H,24,28)(H3,22,23,25,30). The number of nitrogen functional groups attached to an aromatic ring is 1. The average molecular weight is 406 g/mol. The fourth-order valence-electron chi connectivity index (χ4n) is 3.67. The lowest BCUT2D eigenvalue weighted by atomic mass is 10.0. The molecule has 0 atom stereocenters. The third-order valence-electron chi connectivity index (χ3n) is 5.28. The third kappa shape index (κ3) is 3.69. The van der Waals surface area contributed by atoms with Crippen molar-refractivity contribution in [2.45, 2.75) is 6.92 Å². The minimum Gasteiger partial charge on any atom is -0.383 e. The van der Waals surface area contributed by atoms with Crippen molar-refractivity contribution in [2.24, 2.45) is 0 Å². The molecular weight excluding hydrogens is 384 g/mol. The van der Waals surface area contributed by atoms with E-state index in [1.54, 1.807) is 11.0 Å². The number of hydrogen-bond donors (Lipinski definition) is 3. The summed E-state index contributed by atoms with van der Waals surface area (Å²) in [5.41, 5.74) is 8.21. The van der Waals surface area contributed by atoms with Crippen LogP contribution >= 0.6 is 0 Å². The van der Waals surface area contributed by atoms with E-state index in [1.165, 1.54) is 6.20 Å². The Morgan fingerprint density at radius 2 is 1.77 bits per heavy atom. The van der Waals surface area contributed by atoms with Gasteiger partial charge in [-0.1, -0.05) is 30.3 Å². The quantitative estimate of drug-likeness (QED) is 0.595. The Kier molecular flexibility index (Phi) is 5.09. The van der Waals surface area contributed by atoms with Crippen molar-refractivity contribution in [3.63, 3.8) is 0 Å². The Balaban J connectivity index is 1.54. The first-order chi connectivity index (χ1) is 14.4. The lowest BCUT2D eigenvalue weighted by Crippen LogP contribution is -2.50. The first kappa shape index (κ1) is 19.4. The molecule has 9 nitrogen and oxygen atoms in total. The van der Waals surface area contributed by atoms with Crippen LogP contribution in [0.3, 0.4) is 0 Å². The molecule has 1 amide bonds. The van der Waals surface area contributed by atoms with Gasteiger partial charge in [0.25, 0.3) is 11.5 Å². The van der Waals surface area contributed by atoms with Crippen LogP contribution in [0, 0.1) is 6.92 Å². The summed E-state index contributed by atoms with van der Waals surface area (Å²) in [6, 6.07) is 11.3. The van der Waals surface area contributed by atoms with Gasteiger partial charge in [0.2, 0.25) is 0 Å². The summed E-state index contributed by atoms with van der Waals surface area (Å²) in [5.74, 6) is -0.0575. The average Bonchev–Trinajstić information content (AvgIpc) is 2.74. The lowest BCUT2D eigenvalue weighted by molar-refractivity contribution is 0.0745. The number of nitrogens with zero attached hydrogens (tertiary/aromatic N) is 3. The number of amides is 1. The molecule has 154 valence electrons. The molecule has 0 radical (unpaired) electrons. The second kappa shape index (κ2) is 7.86. The summed E-state index contributed by atoms with van der Waals surface area (Å²) >= 11 is 0. The fraction of sp³-hybridized carbons (Fsp3) is 0.238. The normalized spacial score (nSPS) is 14.0. The number of carbonyl (C=O) groups excluding carboxylic acids is 1. The highest BCUT2D eigenvalue weighted by Gasteiger charge is 2.26. The number of nitrogens with two attached hydrogens (primary N) is 1. The number of hydrogen-bond acceptors (Lipinski definition) is 6. The molecule has 0 bridgehead atoms. The van der Waals surface area contributed by atoms with Crippen LogP contribution in [0.5, 0.6) is 0 Å². The van der Waals surface area contributed by atoms with Gasteiger partial charge in [-0.3, -0.25) is 14.6 Å². The Morgan fingerprint density at radius 1 is 1.07 bits per heavy atom. The topological polar surface area (TPSA) is 128 Å². The van der Waals surface area contributed by atoms with Crippen molar-refractivity contribution in [2.75, 3.05) is 36.8 Å². The molecule has 4 N–H and O–H groups in total. The van der Waals surface area contributed by atoms with Crippen LogP contribution in [0.1, 0.15) is 16.1 Å². The maximum Gasteiger partial charge on any atom is 0.346 e. The summed E-state index contributed by atoms with van der Waals surface area (Å²) in [6.45, 7) is 3.69. The summed E-state index contributed by atoms with van der Waals surface area (Å²) in [4.78, 5) is 49.4. The van der Waals surface area contributed by atoms with E-state index in [-0.39, 0.29) is 17.3 Å². The zero-order valence-electron chi connectivity index (χ0n) is 16.5. The highest BCUT2D eigenvalue weighted by atomic mass is 16.2. The molecule has 0 aliphatic carbocycles. The highest BCUT2D eigenvalue weighted by Crippen LogP contribution is 2.23. The molecule has 0 unspecified atom stereocenters. The lowest BCUT2D eigenvalue weighted by Gasteiger charge is -2.36. The van der Waals surface area contributed by atoms with Crippen LogP contribution in [-0.2, 0) is 0 Å². The van der Waals surface area contributed by atoms with Gasteiger partial charge in [-0.25, -0.2) is 4.79 Å². The smallest absolute Gasteiger partial charge is 0.346 e. The van der Waals surface area contributed by atoms with Crippen molar-refractivity contribution >= 4 is 17.4 Å². The summed E-state index contributed by atoms with van der Waals surface area (Å²) in [7, 11) is 0. The van der Waals surface area contributed by atoms with Gasteiger partial charge >= 0.3 is 5.69 Å². The zero-order chi connectivity index (χ0) is 21.3. The van der Waals surface area contributed by atoms with Crippen LogP contribution in [0.25, 0.3) is 11.1 Å². The molecule has 1 saturated heterocycles. The maximum atomic E-state index is 13.1. The number of anilines is 2. The first-order valence-corrected chi connectivity index (χ1v) is 9.62. The Bertz CT molecular complexity index is 1190. The molecule has 1 aliphatic heterocycles. The van der Waals surface area contributed by atoms with Crippen LogP contribution in [-0.4, -0.2) is 51.9 Å². The van der Waals surface area contributed by atoms with Gasteiger partial charge in [0.1, 0.15) is 11.4 Å². The number of aryl methyl sites for hydroxylation is 1. The van der Waals surface area contributed by atoms with Gasteiger partial charge in [0, 0.05) is 37.4 Å². The molecule has 0 spiro atoms. The van der Waals surface area contributed by atoms with E-state index in [9.17, 15) is 14.4 Å². The van der Waals surface area contributed by atoms with Gasteiger partial charge < -0.3 is 20.5 Å². The molecule has 0 saturated carbocycles. The van der Waals surface area contributed by atoms with E-state index in [0.29, 0.717) is 37.6 Å². The molecule has 2 aromatic heterocycles. The predicted octanol–water partition coefficient (Wildman–Crippen LogP) is 0.978.